The number of alkyl halides is 3. The zero-order valence-corrected chi connectivity index (χ0v) is 8.10. The van der Waals surface area contributed by atoms with Gasteiger partial charge in [-0.05, 0) is 11.4 Å². The van der Waals surface area contributed by atoms with E-state index in [9.17, 15) is 18.0 Å². The summed E-state index contributed by atoms with van der Waals surface area (Å²) in [6.07, 6.45) is -6.02. The molecule has 0 aliphatic rings. The molecule has 0 bridgehead atoms. The summed E-state index contributed by atoms with van der Waals surface area (Å²) in [5.74, 6) is -5.95. The topological polar surface area (TPSA) is 57.5 Å². The molecule has 1 rings (SSSR count). The third-order valence-electron chi connectivity index (χ3n) is 1.70. The van der Waals surface area contributed by atoms with Gasteiger partial charge >= 0.3 is 12.0 Å². The van der Waals surface area contributed by atoms with E-state index in [4.69, 9.17) is 10.2 Å². The fraction of sp³-hybridized carbons (Fsp3) is 0.375. The molecule has 0 aromatic carbocycles. The first-order valence-corrected chi connectivity index (χ1v) is 4.70. The van der Waals surface area contributed by atoms with E-state index in [2.05, 4.69) is 0 Å². The van der Waals surface area contributed by atoms with E-state index < -0.39 is 24.2 Å². The van der Waals surface area contributed by atoms with Crippen LogP contribution in [0.15, 0.2) is 17.5 Å². The van der Waals surface area contributed by atoms with Crippen LogP contribution in [0.5, 0.6) is 0 Å². The van der Waals surface area contributed by atoms with Crippen molar-refractivity contribution in [2.75, 3.05) is 0 Å². The second-order valence-electron chi connectivity index (χ2n) is 2.85. The summed E-state index contributed by atoms with van der Waals surface area (Å²) < 4.78 is 36.0. The normalized spacial score (nSPS) is 12.9. The molecule has 0 atom stereocenters. The van der Waals surface area contributed by atoms with E-state index in [-0.39, 0.29) is 0 Å². The highest BCUT2D eigenvalue weighted by molar-refractivity contribution is 7.10. The van der Waals surface area contributed by atoms with Crippen LogP contribution in [0.3, 0.4) is 0 Å². The summed E-state index contributed by atoms with van der Waals surface area (Å²) >= 11 is 1.07. The van der Waals surface area contributed by atoms with Crippen molar-refractivity contribution in [1.29, 1.82) is 0 Å². The summed E-state index contributed by atoms with van der Waals surface area (Å²) in [6.45, 7) is 0. The third kappa shape index (κ3) is 2.55. The SMILES string of the molecule is O=C(Cc1cccs1)C(O)(O)C(F)(F)F. The highest BCUT2D eigenvalue weighted by Gasteiger charge is 2.58. The van der Waals surface area contributed by atoms with Gasteiger partial charge < -0.3 is 10.2 Å². The molecule has 0 aliphatic carbocycles. The molecular formula is C8H7F3O3S. The van der Waals surface area contributed by atoms with Crippen molar-refractivity contribution in [3.05, 3.63) is 22.4 Å². The number of Topliss-reactive ketones (excluding diaryl/α,β-unsaturated/α-hetero) is 1. The van der Waals surface area contributed by atoms with Crippen LogP contribution >= 0.6 is 11.3 Å². The van der Waals surface area contributed by atoms with Gasteiger partial charge in [-0.1, -0.05) is 6.07 Å². The second kappa shape index (κ2) is 3.92. The van der Waals surface area contributed by atoms with Gasteiger partial charge in [0.25, 0.3) is 0 Å². The number of hydrogen-bond acceptors (Lipinski definition) is 4. The molecule has 1 aromatic rings. The van der Waals surface area contributed by atoms with Crippen LogP contribution in [0.25, 0.3) is 0 Å². The molecule has 0 fully saturated rings. The van der Waals surface area contributed by atoms with Gasteiger partial charge in [-0.3, -0.25) is 4.79 Å². The average molecular weight is 240 g/mol. The van der Waals surface area contributed by atoms with Crippen LogP contribution in [0.4, 0.5) is 13.2 Å². The van der Waals surface area contributed by atoms with E-state index in [1.165, 1.54) is 6.07 Å². The Bertz CT molecular complexity index is 343. The van der Waals surface area contributed by atoms with Crippen LogP contribution in [0.2, 0.25) is 0 Å². The van der Waals surface area contributed by atoms with E-state index in [1.807, 2.05) is 0 Å². The van der Waals surface area contributed by atoms with Crippen LogP contribution < -0.4 is 0 Å². The first kappa shape index (κ1) is 12.2. The molecule has 15 heavy (non-hydrogen) atoms. The van der Waals surface area contributed by atoms with Gasteiger partial charge in [0.15, 0.2) is 0 Å². The van der Waals surface area contributed by atoms with E-state index in [1.54, 1.807) is 11.4 Å². The van der Waals surface area contributed by atoms with Gasteiger partial charge in [0.1, 0.15) is 0 Å². The zero-order valence-electron chi connectivity index (χ0n) is 7.28. The summed E-state index contributed by atoms with van der Waals surface area (Å²) in [7, 11) is 0. The van der Waals surface area contributed by atoms with Gasteiger partial charge in [-0.2, -0.15) is 13.2 Å². The van der Waals surface area contributed by atoms with Crippen molar-refractivity contribution in [1.82, 2.24) is 0 Å². The first-order chi connectivity index (χ1) is 6.75. The fourth-order valence-corrected chi connectivity index (χ4v) is 1.56. The minimum atomic E-state index is -5.37. The number of hydrogen-bond donors (Lipinski definition) is 2. The Labute approximate surface area is 86.8 Å². The van der Waals surface area contributed by atoms with Gasteiger partial charge in [-0.15, -0.1) is 11.3 Å². The Morgan fingerprint density at radius 3 is 2.40 bits per heavy atom. The molecule has 7 heteroatoms. The third-order valence-corrected chi connectivity index (χ3v) is 2.58. The molecule has 0 spiro atoms. The minimum Gasteiger partial charge on any atom is -0.353 e. The number of halogens is 3. The highest BCUT2D eigenvalue weighted by Crippen LogP contribution is 2.30. The lowest BCUT2D eigenvalue weighted by molar-refractivity contribution is -0.327. The van der Waals surface area contributed by atoms with Crippen molar-refractivity contribution in [2.24, 2.45) is 0 Å². The van der Waals surface area contributed by atoms with E-state index >= 15 is 0 Å². The number of rotatable bonds is 3. The van der Waals surface area contributed by atoms with Crippen molar-refractivity contribution in [2.45, 2.75) is 18.4 Å². The molecule has 0 saturated heterocycles. The maximum atomic E-state index is 12.0. The largest absolute Gasteiger partial charge is 0.451 e. The lowest BCUT2D eigenvalue weighted by Gasteiger charge is -2.22. The summed E-state index contributed by atoms with van der Waals surface area (Å²) in [5, 5.41) is 18.8. The maximum absolute atomic E-state index is 12.0. The van der Waals surface area contributed by atoms with Gasteiger partial charge in [0, 0.05) is 11.3 Å². The van der Waals surface area contributed by atoms with Crippen LogP contribution in [0.1, 0.15) is 4.88 Å². The van der Waals surface area contributed by atoms with Gasteiger partial charge in [-0.25, -0.2) is 0 Å². The molecule has 84 valence electrons. The standard InChI is InChI=1S/C8H7F3O3S/c9-8(10,11)7(13,14)6(12)4-5-2-1-3-15-5/h1-3,13-14H,4H2. The second-order valence-corrected chi connectivity index (χ2v) is 3.88. The Morgan fingerprint density at radius 1 is 1.40 bits per heavy atom. The summed E-state index contributed by atoms with van der Waals surface area (Å²) in [4.78, 5) is 11.3. The number of carbonyl (C=O) groups is 1. The minimum absolute atomic E-state index is 0.344. The van der Waals surface area contributed by atoms with Gasteiger partial charge in [0.2, 0.25) is 5.78 Å². The number of ketones is 1. The molecule has 0 saturated carbocycles. The van der Waals surface area contributed by atoms with Crippen molar-refractivity contribution < 1.29 is 28.2 Å². The number of thiophene rings is 1. The van der Waals surface area contributed by atoms with Crippen molar-refractivity contribution in [3.63, 3.8) is 0 Å². The smallest absolute Gasteiger partial charge is 0.353 e. The fourth-order valence-electron chi connectivity index (χ4n) is 0.853. The average Bonchev–Trinajstić information content (AvgIpc) is 2.54. The Balaban J connectivity index is 2.77. The van der Waals surface area contributed by atoms with Crippen LogP contribution in [-0.4, -0.2) is 28.0 Å². The molecular weight excluding hydrogens is 233 g/mol. The number of aliphatic hydroxyl groups is 2. The van der Waals surface area contributed by atoms with Crippen molar-refractivity contribution >= 4 is 17.1 Å². The molecule has 1 aromatic heterocycles. The monoisotopic (exact) mass is 240 g/mol. The van der Waals surface area contributed by atoms with Crippen LogP contribution in [-0.2, 0) is 11.2 Å². The molecule has 0 aliphatic heterocycles. The Kier molecular flexibility index (Phi) is 3.17. The highest BCUT2D eigenvalue weighted by atomic mass is 32.1. The van der Waals surface area contributed by atoms with E-state index in [0.717, 1.165) is 11.3 Å². The van der Waals surface area contributed by atoms with Gasteiger partial charge in [0.05, 0.1) is 0 Å². The quantitative estimate of drug-likeness (QED) is 0.778. The molecule has 2 N–H and O–H groups in total. The molecule has 0 radical (unpaired) electrons. The Hall–Kier alpha value is -0.920. The molecule has 0 unspecified atom stereocenters. The summed E-state index contributed by atoms with van der Waals surface area (Å²) in [5.41, 5.74) is 0. The van der Waals surface area contributed by atoms with Crippen LogP contribution in [0, 0.1) is 0 Å². The zero-order chi connectivity index (χ0) is 11.7. The maximum Gasteiger partial charge on any atom is 0.451 e. The van der Waals surface area contributed by atoms with Crippen molar-refractivity contribution in [3.8, 4) is 0 Å². The molecule has 0 amide bonds. The predicted octanol–water partition coefficient (Wildman–Crippen LogP) is 1.10. The summed E-state index contributed by atoms with van der Waals surface area (Å²) in [6, 6.07) is 2.99. The number of carbonyl (C=O) groups excluding carboxylic acids is 1. The lowest BCUT2D eigenvalue weighted by Crippen LogP contribution is -2.52. The molecule has 3 nitrogen and oxygen atoms in total. The predicted molar refractivity (Wildman–Crippen MR) is 46.3 cm³/mol. The lowest BCUT2D eigenvalue weighted by atomic mass is 10.1. The Morgan fingerprint density at radius 2 is 2.00 bits per heavy atom. The van der Waals surface area contributed by atoms with E-state index in [0.29, 0.717) is 4.88 Å². The molecule has 1 heterocycles. The first-order valence-electron chi connectivity index (χ1n) is 3.82.